The monoisotopic (exact) mass is 282 g/mol. The number of methoxy groups -OCH3 is 1. The van der Waals surface area contributed by atoms with Gasteiger partial charge in [0.15, 0.2) is 0 Å². The summed E-state index contributed by atoms with van der Waals surface area (Å²) < 4.78 is 5.45. The number of nitrogens with two attached hydrogens (primary N) is 1. The van der Waals surface area contributed by atoms with Gasteiger partial charge in [-0.25, -0.2) is 0 Å². The molecule has 0 aliphatic rings. The lowest BCUT2D eigenvalue weighted by molar-refractivity contribution is 0.406. The van der Waals surface area contributed by atoms with Crippen molar-refractivity contribution in [3.63, 3.8) is 0 Å². The molecule has 0 aliphatic carbocycles. The Morgan fingerprint density at radius 3 is 2.58 bits per heavy atom. The minimum absolute atomic E-state index is 0.0404. The molecule has 0 fully saturated rings. The van der Waals surface area contributed by atoms with Crippen LogP contribution in [0.4, 0.5) is 5.69 Å². The van der Waals surface area contributed by atoms with E-state index in [2.05, 4.69) is 31.2 Å². The molecule has 0 saturated heterocycles. The Balaban J connectivity index is 3.04. The molecule has 2 N–H and O–H groups in total. The van der Waals surface area contributed by atoms with Crippen molar-refractivity contribution in [2.45, 2.75) is 32.4 Å². The Kier molecular flexibility index (Phi) is 6.52. The first-order valence-electron chi connectivity index (χ1n) is 6.67. The largest absolute Gasteiger partial charge is 0.496 e. The Labute approximate surface area is 121 Å². The number of nitrogens with zero attached hydrogens (tertiary/aromatic N) is 1. The van der Waals surface area contributed by atoms with Crippen molar-refractivity contribution in [3.8, 4) is 5.75 Å². The Hall–Kier alpha value is -0.870. The van der Waals surface area contributed by atoms with E-state index >= 15 is 0 Å². The first-order valence-corrected chi connectivity index (χ1v) is 8.06. The summed E-state index contributed by atoms with van der Waals surface area (Å²) in [6.45, 7) is 4.25. The van der Waals surface area contributed by atoms with Crippen molar-refractivity contribution in [1.29, 1.82) is 0 Å². The zero-order valence-electron chi connectivity index (χ0n) is 12.6. The lowest BCUT2D eigenvalue weighted by Crippen LogP contribution is -2.31. The van der Waals surface area contributed by atoms with Gasteiger partial charge in [-0.3, -0.25) is 0 Å². The van der Waals surface area contributed by atoms with Crippen LogP contribution in [0.25, 0.3) is 0 Å². The zero-order valence-corrected chi connectivity index (χ0v) is 13.5. The van der Waals surface area contributed by atoms with Crippen molar-refractivity contribution >= 4 is 17.4 Å². The lowest BCUT2D eigenvalue weighted by Gasteiger charge is -2.30. The quantitative estimate of drug-likeness (QED) is 0.833. The molecule has 108 valence electrons. The van der Waals surface area contributed by atoms with Crippen LogP contribution in [0.15, 0.2) is 18.2 Å². The third-order valence-corrected chi connectivity index (χ3v) is 4.14. The number of benzene rings is 1. The van der Waals surface area contributed by atoms with E-state index in [1.807, 2.05) is 30.8 Å². The zero-order chi connectivity index (χ0) is 14.4. The predicted molar refractivity (Wildman–Crippen MR) is 86.5 cm³/mol. The number of hydrogen-bond donors (Lipinski definition) is 1. The second-order valence-corrected chi connectivity index (χ2v) is 5.91. The number of hydrogen-bond acceptors (Lipinski definition) is 4. The average Bonchev–Trinajstić information content (AvgIpc) is 2.42. The van der Waals surface area contributed by atoms with Crippen LogP contribution in [-0.2, 0) is 0 Å². The summed E-state index contributed by atoms with van der Waals surface area (Å²) in [5.41, 5.74) is 8.37. The third-order valence-electron chi connectivity index (χ3n) is 3.50. The fourth-order valence-corrected chi connectivity index (χ4v) is 2.77. The molecule has 0 aromatic heterocycles. The fraction of sp³-hybridized carbons (Fsp3) is 0.600. The van der Waals surface area contributed by atoms with Crippen molar-refractivity contribution in [2.24, 2.45) is 5.73 Å². The highest BCUT2D eigenvalue weighted by atomic mass is 32.2. The summed E-state index contributed by atoms with van der Waals surface area (Å²) in [6, 6.07) is 6.57. The molecule has 1 aromatic rings. The summed E-state index contributed by atoms with van der Waals surface area (Å²) >= 11 is 1.88. The van der Waals surface area contributed by atoms with Gasteiger partial charge in [-0.15, -0.1) is 0 Å². The van der Waals surface area contributed by atoms with Crippen LogP contribution in [0, 0.1) is 0 Å². The molecule has 1 aromatic carbocycles. The Morgan fingerprint density at radius 2 is 2.05 bits per heavy atom. The molecule has 3 nitrogen and oxygen atoms in total. The van der Waals surface area contributed by atoms with Gasteiger partial charge in [0.1, 0.15) is 5.75 Å². The molecule has 0 radical (unpaired) electrons. The van der Waals surface area contributed by atoms with E-state index in [-0.39, 0.29) is 6.04 Å². The van der Waals surface area contributed by atoms with E-state index < -0.39 is 0 Å². The first kappa shape index (κ1) is 16.2. The predicted octanol–water partition coefficient (Wildman–Crippen LogP) is 3.29. The average molecular weight is 282 g/mol. The molecule has 0 spiro atoms. The summed E-state index contributed by atoms with van der Waals surface area (Å²) in [6.07, 6.45) is 3.30. The van der Waals surface area contributed by atoms with Gasteiger partial charge >= 0.3 is 0 Å². The summed E-state index contributed by atoms with van der Waals surface area (Å²) in [7, 11) is 3.83. The first-order chi connectivity index (χ1) is 9.02. The molecule has 0 heterocycles. The van der Waals surface area contributed by atoms with Crippen LogP contribution >= 0.6 is 11.8 Å². The second kappa shape index (κ2) is 7.65. The maximum absolute atomic E-state index is 6.12. The Morgan fingerprint density at radius 1 is 1.37 bits per heavy atom. The topological polar surface area (TPSA) is 38.5 Å². The van der Waals surface area contributed by atoms with Crippen molar-refractivity contribution in [1.82, 2.24) is 0 Å². The molecule has 0 amide bonds. The number of thioether (sulfide) groups is 1. The number of rotatable bonds is 7. The Bertz CT molecular complexity index is 396. The van der Waals surface area contributed by atoms with Crippen LogP contribution in [0.2, 0.25) is 0 Å². The van der Waals surface area contributed by atoms with E-state index in [4.69, 9.17) is 10.5 Å². The van der Waals surface area contributed by atoms with E-state index in [9.17, 15) is 0 Å². The normalized spacial score (nSPS) is 14.0. The lowest BCUT2D eigenvalue weighted by atomic mass is 10.0. The number of anilines is 1. The summed E-state index contributed by atoms with van der Waals surface area (Å²) in [4.78, 5) is 2.30. The molecule has 0 saturated carbocycles. The van der Waals surface area contributed by atoms with E-state index in [1.54, 1.807) is 7.11 Å². The molecule has 19 heavy (non-hydrogen) atoms. The minimum atomic E-state index is -0.0404. The highest BCUT2D eigenvalue weighted by Gasteiger charge is 2.18. The standard InChI is InChI=1S/C15H26N2OS/c1-11(9-10-19-5)17(3)13-7-6-8-14(18-4)15(13)12(2)16/h6-8,11-12H,9-10,16H2,1-5H3/t11?,12-/m0/s1. The van der Waals surface area contributed by atoms with E-state index in [1.165, 1.54) is 11.4 Å². The molecule has 4 heteroatoms. The highest BCUT2D eigenvalue weighted by molar-refractivity contribution is 7.98. The molecule has 0 aliphatic heterocycles. The minimum Gasteiger partial charge on any atom is -0.496 e. The van der Waals surface area contributed by atoms with Gasteiger partial charge < -0.3 is 15.4 Å². The highest BCUT2D eigenvalue weighted by Crippen LogP contribution is 2.34. The summed E-state index contributed by atoms with van der Waals surface area (Å²) in [5, 5.41) is 0. The van der Waals surface area contributed by atoms with Crippen LogP contribution in [0.3, 0.4) is 0 Å². The van der Waals surface area contributed by atoms with Gasteiger partial charge in [0.05, 0.1) is 7.11 Å². The second-order valence-electron chi connectivity index (χ2n) is 4.92. The summed E-state index contributed by atoms with van der Waals surface area (Å²) in [5.74, 6) is 2.04. The fourth-order valence-electron chi connectivity index (χ4n) is 2.20. The van der Waals surface area contributed by atoms with E-state index in [0.29, 0.717) is 6.04 Å². The molecule has 1 rings (SSSR count). The van der Waals surface area contributed by atoms with Gasteiger partial charge in [-0.2, -0.15) is 11.8 Å². The van der Waals surface area contributed by atoms with Gasteiger partial charge in [0, 0.05) is 30.4 Å². The van der Waals surface area contributed by atoms with Crippen molar-refractivity contribution in [3.05, 3.63) is 23.8 Å². The van der Waals surface area contributed by atoms with Crippen LogP contribution in [0.5, 0.6) is 5.75 Å². The van der Waals surface area contributed by atoms with Crippen LogP contribution in [-0.4, -0.2) is 32.2 Å². The van der Waals surface area contributed by atoms with Gasteiger partial charge in [-0.1, -0.05) is 6.07 Å². The van der Waals surface area contributed by atoms with Gasteiger partial charge in [-0.05, 0) is 44.4 Å². The van der Waals surface area contributed by atoms with Crippen molar-refractivity contribution < 1.29 is 4.74 Å². The smallest absolute Gasteiger partial charge is 0.125 e. The van der Waals surface area contributed by atoms with E-state index in [0.717, 1.165) is 17.7 Å². The van der Waals surface area contributed by atoms with Gasteiger partial charge in [0.2, 0.25) is 0 Å². The third kappa shape index (κ3) is 4.05. The molecular formula is C15H26N2OS. The maximum atomic E-state index is 6.12. The molecule has 1 unspecified atom stereocenters. The van der Waals surface area contributed by atoms with Gasteiger partial charge in [0.25, 0.3) is 0 Å². The van der Waals surface area contributed by atoms with Crippen molar-refractivity contribution in [2.75, 3.05) is 31.1 Å². The van der Waals surface area contributed by atoms with Crippen LogP contribution in [0.1, 0.15) is 31.9 Å². The van der Waals surface area contributed by atoms with Crippen LogP contribution < -0.4 is 15.4 Å². The molecule has 2 atom stereocenters. The SMILES string of the molecule is COc1cccc(N(C)C(C)CCSC)c1[C@H](C)N. The number of ether oxygens (including phenoxy) is 1. The maximum Gasteiger partial charge on any atom is 0.125 e. The molecular weight excluding hydrogens is 256 g/mol. The molecule has 0 bridgehead atoms.